The van der Waals surface area contributed by atoms with Crippen LogP contribution in [0.2, 0.25) is 0 Å². The molecule has 2 aromatic heterocycles. The number of fused-ring (bicyclic) bond motifs is 1. The summed E-state index contributed by atoms with van der Waals surface area (Å²) in [5.74, 6) is -17.8. The van der Waals surface area contributed by atoms with Gasteiger partial charge in [-0.15, -0.1) is 0 Å². The van der Waals surface area contributed by atoms with Gasteiger partial charge in [0, 0.05) is 53.3 Å². The number of H-pyrrole nitrogens is 2. The standard InChI is InChI=1S/C54H78N14O16S2/c1-9-27(8)44-53(82)62-34(15-29-19-56-23-59-29)48(77)67-43(26(6)7)52(81)61-33(14-28-18-57-32-13-11-10-12-30(28)32)47(76)60-35(16-39(70)71)46(75)58-20-38(69)65-41(24(2)3)50(79)64-37(54(83)84)22-86-85-21-31(55)45(74)66-42(25(4)5)51(80)63-36(17-40(72)73)49(78)68-44/h10-13,18-19,23-27,31,33-37,41-44,57H,9,14-17,20-22,55H2,1-8H3,(H,56,59)(H,58,75)(H,60,76)(H,61,81)(H,62,82)(H,63,80)(H,64,79)(H,65,69)(H,66,74)(H,67,77)(H,68,78)(H,70,71)(H,72,73)(H,83,84)/t27-,31-,33-,34-,35-,36-,37-,41-,42-,43-,44-/m0/s1. The van der Waals surface area contributed by atoms with Crippen molar-refractivity contribution >= 4 is 109 Å². The molecule has 3 aromatic rings. The van der Waals surface area contributed by atoms with Gasteiger partial charge in [0.1, 0.15) is 54.4 Å². The average Bonchev–Trinajstić information content (AvgIpc) is 4.32. The molecular weight excluding hydrogens is 1160 g/mol. The molecule has 472 valence electrons. The van der Waals surface area contributed by atoms with Crippen LogP contribution in [0.1, 0.15) is 85.9 Å². The Morgan fingerprint density at radius 3 is 1.60 bits per heavy atom. The molecule has 1 saturated heterocycles. The smallest absolute Gasteiger partial charge is 0.327 e. The second-order valence-corrected chi connectivity index (χ2v) is 24.3. The maximum Gasteiger partial charge on any atom is 0.327 e. The molecule has 0 saturated carbocycles. The van der Waals surface area contributed by atoms with Crippen LogP contribution in [0.15, 0.2) is 43.0 Å². The van der Waals surface area contributed by atoms with E-state index < -0.39 is 180 Å². The Morgan fingerprint density at radius 2 is 1.05 bits per heavy atom. The van der Waals surface area contributed by atoms with E-state index in [1.807, 2.05) is 0 Å². The van der Waals surface area contributed by atoms with Crippen LogP contribution in [0.4, 0.5) is 0 Å². The first-order valence-electron chi connectivity index (χ1n) is 27.7. The Kier molecular flexibility index (Phi) is 27.3. The lowest BCUT2D eigenvalue weighted by atomic mass is 9.96. The summed E-state index contributed by atoms with van der Waals surface area (Å²) in [5, 5.41) is 55.1. The zero-order valence-electron chi connectivity index (χ0n) is 48.8. The minimum atomic E-state index is -1.88. The summed E-state index contributed by atoms with van der Waals surface area (Å²) in [4.78, 5) is 187. The van der Waals surface area contributed by atoms with E-state index in [-0.39, 0.29) is 30.8 Å². The lowest BCUT2D eigenvalue weighted by Crippen LogP contribution is -2.62. The quantitative estimate of drug-likeness (QED) is 0.0771. The van der Waals surface area contributed by atoms with Crippen molar-refractivity contribution in [2.45, 2.75) is 148 Å². The van der Waals surface area contributed by atoms with E-state index in [0.29, 0.717) is 22.2 Å². The lowest BCUT2D eigenvalue weighted by Gasteiger charge is -2.30. The first-order chi connectivity index (χ1) is 40.5. The van der Waals surface area contributed by atoms with E-state index in [0.717, 1.165) is 21.6 Å². The summed E-state index contributed by atoms with van der Waals surface area (Å²) in [5.41, 5.74) is 7.63. The molecule has 0 bridgehead atoms. The van der Waals surface area contributed by atoms with Crippen molar-refractivity contribution in [3.05, 3.63) is 54.2 Å². The fourth-order valence-electron chi connectivity index (χ4n) is 8.72. The van der Waals surface area contributed by atoms with Crippen LogP contribution in [0.5, 0.6) is 0 Å². The largest absolute Gasteiger partial charge is 0.481 e. The Labute approximate surface area is 502 Å². The number of carbonyl (C=O) groups excluding carboxylic acids is 10. The van der Waals surface area contributed by atoms with Gasteiger partial charge in [-0.2, -0.15) is 0 Å². The van der Waals surface area contributed by atoms with Crippen LogP contribution >= 0.6 is 21.6 Å². The van der Waals surface area contributed by atoms with Crippen molar-refractivity contribution in [2.75, 3.05) is 18.1 Å². The predicted molar refractivity (Wildman–Crippen MR) is 314 cm³/mol. The van der Waals surface area contributed by atoms with Crippen molar-refractivity contribution in [3.8, 4) is 0 Å². The second kappa shape index (κ2) is 33.4. The number of nitrogens with one attached hydrogen (secondary N) is 12. The molecule has 0 radical (unpaired) electrons. The molecule has 1 aromatic carbocycles. The van der Waals surface area contributed by atoms with Crippen molar-refractivity contribution < 1.29 is 77.6 Å². The van der Waals surface area contributed by atoms with Gasteiger partial charge in [-0.25, -0.2) is 9.78 Å². The van der Waals surface area contributed by atoms with Gasteiger partial charge in [-0.1, -0.05) is 102 Å². The molecule has 32 heteroatoms. The molecule has 30 nitrogen and oxygen atoms in total. The van der Waals surface area contributed by atoms with Gasteiger partial charge in [-0.3, -0.25) is 57.5 Å². The highest BCUT2D eigenvalue weighted by atomic mass is 33.1. The Balaban J connectivity index is 1.78. The lowest BCUT2D eigenvalue weighted by molar-refractivity contribution is -0.142. The second-order valence-electron chi connectivity index (χ2n) is 21.7. The third-order valence-corrected chi connectivity index (χ3v) is 16.3. The fourth-order valence-corrected chi connectivity index (χ4v) is 11.0. The number of aromatic nitrogens is 3. The molecule has 0 spiro atoms. The number of para-hydroxylation sites is 1. The molecule has 0 unspecified atom stereocenters. The minimum Gasteiger partial charge on any atom is -0.481 e. The van der Waals surface area contributed by atoms with Crippen LogP contribution in [-0.2, 0) is 75.2 Å². The van der Waals surface area contributed by atoms with E-state index in [1.165, 1.54) is 26.4 Å². The highest BCUT2D eigenvalue weighted by molar-refractivity contribution is 8.76. The maximum absolute atomic E-state index is 14.6. The summed E-state index contributed by atoms with van der Waals surface area (Å²) in [6, 6.07) is -8.51. The first kappa shape index (κ1) is 70.2. The summed E-state index contributed by atoms with van der Waals surface area (Å²) in [7, 11) is 1.85. The third-order valence-electron chi connectivity index (χ3n) is 13.9. The number of benzene rings is 1. The molecule has 86 heavy (non-hydrogen) atoms. The zero-order chi connectivity index (χ0) is 64.1. The number of rotatable bonds is 14. The van der Waals surface area contributed by atoms with Gasteiger partial charge in [0.2, 0.25) is 59.1 Å². The SMILES string of the molecule is CC[C@H](C)[C@@H]1NC(=O)[C@H](CC(=O)O)NC(=O)[C@H](C(C)C)NC(=O)[C@@H](N)CSSC[C@@H](C(=O)O)NC(=O)[C@H](C(C)C)NC(=O)CNC(=O)[C@H](CC(=O)O)NC(=O)[C@H](Cc2c[nH]c3ccccc23)NC(=O)[C@H](C(C)C)NC(=O)[C@H](Cc2cnc[nH]2)NC1=O. The molecule has 1 fully saturated rings. The summed E-state index contributed by atoms with van der Waals surface area (Å²) >= 11 is 0. The molecule has 0 aliphatic carbocycles. The molecule has 17 N–H and O–H groups in total. The van der Waals surface area contributed by atoms with Gasteiger partial charge in [0.05, 0.1) is 31.8 Å². The maximum atomic E-state index is 14.6. The van der Waals surface area contributed by atoms with Crippen LogP contribution in [0.25, 0.3) is 10.9 Å². The van der Waals surface area contributed by atoms with Gasteiger partial charge in [0.15, 0.2) is 0 Å². The number of carbonyl (C=O) groups is 13. The van der Waals surface area contributed by atoms with Gasteiger partial charge in [-0.05, 0) is 35.3 Å². The molecule has 11 atom stereocenters. The van der Waals surface area contributed by atoms with Crippen molar-refractivity contribution in [2.24, 2.45) is 29.4 Å². The van der Waals surface area contributed by atoms with Crippen molar-refractivity contribution in [1.82, 2.24) is 68.1 Å². The van der Waals surface area contributed by atoms with E-state index in [9.17, 15) is 77.6 Å². The molecule has 1 aliphatic heterocycles. The van der Waals surface area contributed by atoms with Crippen LogP contribution in [-0.4, -0.2) is 186 Å². The monoisotopic (exact) mass is 1240 g/mol. The van der Waals surface area contributed by atoms with E-state index >= 15 is 0 Å². The van der Waals surface area contributed by atoms with Gasteiger partial charge in [0.25, 0.3) is 0 Å². The van der Waals surface area contributed by atoms with E-state index in [2.05, 4.69) is 68.1 Å². The minimum absolute atomic E-state index is 0.164. The molecule has 3 heterocycles. The molecule has 1 aliphatic rings. The number of amides is 10. The highest BCUT2D eigenvalue weighted by Gasteiger charge is 2.39. The van der Waals surface area contributed by atoms with Gasteiger partial charge < -0.3 is 84.2 Å². The number of imidazole rings is 1. The number of aromatic amines is 2. The van der Waals surface area contributed by atoms with Crippen molar-refractivity contribution in [3.63, 3.8) is 0 Å². The highest BCUT2D eigenvalue weighted by Crippen LogP contribution is 2.24. The summed E-state index contributed by atoms with van der Waals surface area (Å²) < 4.78 is 0. The van der Waals surface area contributed by atoms with Crippen molar-refractivity contribution in [1.29, 1.82) is 0 Å². The number of nitrogens with two attached hydrogens (primary N) is 1. The Hall–Kier alpha value is -8.26. The van der Waals surface area contributed by atoms with E-state index in [1.54, 1.807) is 72.0 Å². The van der Waals surface area contributed by atoms with Crippen LogP contribution < -0.4 is 58.9 Å². The number of aliphatic carboxylic acids is 3. The predicted octanol–water partition coefficient (Wildman–Crippen LogP) is -2.07. The average molecular weight is 1240 g/mol. The Bertz CT molecular complexity index is 2920. The fraction of sp³-hybridized carbons (Fsp3) is 0.556. The van der Waals surface area contributed by atoms with E-state index in [4.69, 9.17) is 5.73 Å². The number of hydrogen-bond acceptors (Lipinski definition) is 17. The number of nitrogens with zero attached hydrogens (tertiary/aromatic N) is 1. The third kappa shape index (κ3) is 21.4. The topological polar surface area (TPSA) is 473 Å². The normalized spacial score (nSPS) is 25.3. The zero-order valence-corrected chi connectivity index (χ0v) is 50.4. The molecule has 4 rings (SSSR count). The Morgan fingerprint density at radius 1 is 0.570 bits per heavy atom. The summed E-state index contributed by atoms with van der Waals surface area (Å²) in [6.45, 7) is 11.7. The summed E-state index contributed by atoms with van der Waals surface area (Å²) in [6.07, 6.45) is 1.93. The first-order valence-corrected chi connectivity index (χ1v) is 30.2. The van der Waals surface area contributed by atoms with Crippen LogP contribution in [0, 0.1) is 23.7 Å². The number of carboxylic acids is 3. The van der Waals surface area contributed by atoms with Crippen LogP contribution in [0.3, 0.4) is 0 Å². The number of hydrogen-bond donors (Lipinski definition) is 16. The molecular formula is C54H78N14O16S2. The van der Waals surface area contributed by atoms with Gasteiger partial charge >= 0.3 is 17.9 Å². The molecule has 10 amide bonds. The number of carboxylic acid groups (broad SMARTS) is 3.